The maximum atomic E-state index is 11.5. The zero-order valence-corrected chi connectivity index (χ0v) is 13.1. The van der Waals surface area contributed by atoms with Crippen LogP contribution in [0.1, 0.15) is 15.9 Å². The highest BCUT2D eigenvalue weighted by molar-refractivity contribution is 7.98. The van der Waals surface area contributed by atoms with Crippen molar-refractivity contribution in [3.8, 4) is 0 Å². The summed E-state index contributed by atoms with van der Waals surface area (Å²) in [7, 11) is 1.37. The molecule has 0 spiro atoms. The Bertz CT molecular complexity index is 629. The minimum absolute atomic E-state index is 0.332. The van der Waals surface area contributed by atoms with Gasteiger partial charge in [-0.1, -0.05) is 35.3 Å². The van der Waals surface area contributed by atoms with Gasteiger partial charge < -0.3 is 4.74 Å². The Morgan fingerprint density at radius 1 is 1.20 bits per heavy atom. The normalized spacial score (nSPS) is 10.3. The molecule has 0 bridgehead atoms. The molecule has 0 heterocycles. The molecule has 0 saturated heterocycles. The van der Waals surface area contributed by atoms with Crippen LogP contribution < -0.4 is 0 Å². The molecule has 2 aromatic carbocycles. The van der Waals surface area contributed by atoms with Gasteiger partial charge in [0.15, 0.2) is 0 Å². The number of esters is 1. The van der Waals surface area contributed by atoms with Crippen molar-refractivity contribution in [2.75, 3.05) is 7.11 Å². The Morgan fingerprint density at radius 2 is 2.00 bits per heavy atom. The van der Waals surface area contributed by atoms with Gasteiger partial charge in [-0.2, -0.15) is 0 Å². The SMILES string of the molecule is COC(=O)c1cccc(CSc2ccc(Cl)cc2Cl)c1. The molecule has 0 aliphatic rings. The summed E-state index contributed by atoms with van der Waals surface area (Å²) in [6.45, 7) is 0. The van der Waals surface area contributed by atoms with Crippen LogP contribution in [0.3, 0.4) is 0 Å². The van der Waals surface area contributed by atoms with Crippen LogP contribution in [0.15, 0.2) is 47.4 Å². The number of rotatable bonds is 4. The zero-order chi connectivity index (χ0) is 14.5. The van der Waals surface area contributed by atoms with E-state index in [2.05, 4.69) is 0 Å². The lowest BCUT2D eigenvalue weighted by Gasteiger charge is -2.06. The van der Waals surface area contributed by atoms with Crippen LogP contribution in [-0.4, -0.2) is 13.1 Å². The van der Waals surface area contributed by atoms with E-state index < -0.39 is 0 Å². The number of benzene rings is 2. The van der Waals surface area contributed by atoms with E-state index in [9.17, 15) is 4.79 Å². The predicted molar refractivity (Wildman–Crippen MR) is 83.8 cm³/mol. The Labute approximate surface area is 132 Å². The Kier molecular flexibility index (Phi) is 5.35. The zero-order valence-electron chi connectivity index (χ0n) is 10.7. The van der Waals surface area contributed by atoms with Crippen molar-refractivity contribution < 1.29 is 9.53 Å². The number of hydrogen-bond acceptors (Lipinski definition) is 3. The highest BCUT2D eigenvalue weighted by atomic mass is 35.5. The summed E-state index contributed by atoms with van der Waals surface area (Å²) in [4.78, 5) is 12.4. The van der Waals surface area contributed by atoms with E-state index in [1.165, 1.54) is 7.11 Å². The van der Waals surface area contributed by atoms with E-state index in [4.69, 9.17) is 27.9 Å². The summed E-state index contributed by atoms with van der Waals surface area (Å²) in [5, 5.41) is 1.25. The van der Waals surface area contributed by atoms with Crippen LogP contribution in [-0.2, 0) is 10.5 Å². The van der Waals surface area contributed by atoms with Gasteiger partial charge in [-0.3, -0.25) is 0 Å². The summed E-state index contributed by atoms with van der Waals surface area (Å²) in [6.07, 6.45) is 0. The van der Waals surface area contributed by atoms with Crippen molar-refractivity contribution in [2.45, 2.75) is 10.6 Å². The number of carbonyl (C=O) groups excluding carboxylic acids is 1. The minimum Gasteiger partial charge on any atom is -0.465 e. The fraction of sp³-hybridized carbons (Fsp3) is 0.133. The highest BCUT2D eigenvalue weighted by Gasteiger charge is 2.07. The maximum absolute atomic E-state index is 11.5. The Balaban J connectivity index is 2.09. The van der Waals surface area contributed by atoms with E-state index in [1.54, 1.807) is 30.0 Å². The monoisotopic (exact) mass is 326 g/mol. The summed E-state index contributed by atoms with van der Waals surface area (Å²) in [5.41, 5.74) is 1.58. The molecule has 0 fully saturated rings. The highest BCUT2D eigenvalue weighted by Crippen LogP contribution is 2.31. The molecule has 2 nitrogen and oxygen atoms in total. The van der Waals surface area contributed by atoms with Crippen molar-refractivity contribution in [3.05, 3.63) is 63.6 Å². The summed E-state index contributed by atoms with van der Waals surface area (Å²) in [5.74, 6) is 0.382. The lowest BCUT2D eigenvalue weighted by Crippen LogP contribution is -2.01. The molecule has 2 rings (SSSR count). The Morgan fingerprint density at radius 3 is 2.70 bits per heavy atom. The molecule has 20 heavy (non-hydrogen) atoms. The third kappa shape index (κ3) is 3.92. The molecular formula is C15H12Cl2O2S. The number of halogens is 2. The number of thioether (sulfide) groups is 1. The minimum atomic E-state index is -0.332. The van der Waals surface area contributed by atoms with E-state index in [0.29, 0.717) is 21.4 Å². The summed E-state index contributed by atoms with van der Waals surface area (Å²) >= 11 is 13.6. The topological polar surface area (TPSA) is 26.3 Å². The molecule has 0 atom stereocenters. The van der Waals surface area contributed by atoms with Crippen molar-refractivity contribution in [1.29, 1.82) is 0 Å². The van der Waals surface area contributed by atoms with Crippen molar-refractivity contribution in [2.24, 2.45) is 0 Å². The second-order valence-electron chi connectivity index (χ2n) is 4.06. The van der Waals surface area contributed by atoms with Crippen LogP contribution in [0, 0.1) is 0 Å². The van der Waals surface area contributed by atoms with Crippen LogP contribution >= 0.6 is 35.0 Å². The average Bonchev–Trinajstić information content (AvgIpc) is 2.46. The first-order chi connectivity index (χ1) is 9.60. The smallest absolute Gasteiger partial charge is 0.337 e. The first-order valence-electron chi connectivity index (χ1n) is 5.85. The van der Waals surface area contributed by atoms with Gasteiger partial charge in [0.05, 0.1) is 17.7 Å². The predicted octanol–water partition coefficient (Wildman–Crippen LogP) is 5.07. The van der Waals surface area contributed by atoms with Gasteiger partial charge in [0.25, 0.3) is 0 Å². The Hall–Kier alpha value is -1.16. The first-order valence-corrected chi connectivity index (χ1v) is 7.59. The van der Waals surface area contributed by atoms with Gasteiger partial charge in [-0.15, -0.1) is 11.8 Å². The fourth-order valence-corrected chi connectivity index (χ4v) is 3.09. The molecule has 0 radical (unpaired) electrons. The van der Waals surface area contributed by atoms with E-state index >= 15 is 0 Å². The largest absolute Gasteiger partial charge is 0.465 e. The maximum Gasteiger partial charge on any atom is 0.337 e. The molecule has 0 amide bonds. The van der Waals surface area contributed by atoms with Crippen LogP contribution in [0.4, 0.5) is 0 Å². The van der Waals surface area contributed by atoms with Crippen LogP contribution in [0.2, 0.25) is 10.0 Å². The standard InChI is InChI=1S/C15H12Cl2O2S/c1-19-15(18)11-4-2-3-10(7-11)9-20-14-6-5-12(16)8-13(14)17/h2-8H,9H2,1H3. The number of hydrogen-bond donors (Lipinski definition) is 0. The lowest BCUT2D eigenvalue weighted by atomic mass is 10.1. The van der Waals surface area contributed by atoms with E-state index in [1.807, 2.05) is 24.3 Å². The molecule has 0 aliphatic carbocycles. The molecule has 0 saturated carbocycles. The lowest BCUT2D eigenvalue weighted by molar-refractivity contribution is 0.0600. The molecule has 2 aromatic rings. The van der Waals surface area contributed by atoms with Gasteiger partial charge in [0, 0.05) is 15.7 Å². The first kappa shape index (κ1) is 15.2. The van der Waals surface area contributed by atoms with Gasteiger partial charge in [0.2, 0.25) is 0 Å². The third-order valence-corrected chi connectivity index (χ3v) is 4.44. The van der Waals surface area contributed by atoms with Crippen molar-refractivity contribution in [3.63, 3.8) is 0 Å². The summed E-state index contributed by atoms with van der Waals surface area (Å²) < 4.78 is 4.70. The molecule has 0 unspecified atom stereocenters. The number of methoxy groups -OCH3 is 1. The fourth-order valence-electron chi connectivity index (χ4n) is 1.66. The number of ether oxygens (including phenoxy) is 1. The van der Waals surface area contributed by atoms with Crippen LogP contribution in [0.25, 0.3) is 0 Å². The molecule has 0 aliphatic heterocycles. The second-order valence-corrected chi connectivity index (χ2v) is 5.92. The third-order valence-electron chi connectivity index (χ3n) is 2.64. The van der Waals surface area contributed by atoms with Crippen molar-refractivity contribution >= 4 is 40.9 Å². The molecule has 0 N–H and O–H groups in total. The molecule has 5 heteroatoms. The van der Waals surface area contributed by atoms with E-state index in [0.717, 1.165) is 10.5 Å². The van der Waals surface area contributed by atoms with Gasteiger partial charge >= 0.3 is 5.97 Å². The summed E-state index contributed by atoms with van der Waals surface area (Å²) in [6, 6.07) is 12.8. The van der Waals surface area contributed by atoms with Gasteiger partial charge in [0.1, 0.15) is 0 Å². The van der Waals surface area contributed by atoms with Crippen LogP contribution in [0.5, 0.6) is 0 Å². The van der Waals surface area contributed by atoms with Crippen molar-refractivity contribution in [1.82, 2.24) is 0 Å². The van der Waals surface area contributed by atoms with E-state index in [-0.39, 0.29) is 5.97 Å². The number of carbonyl (C=O) groups is 1. The molecule has 104 valence electrons. The molecule has 0 aromatic heterocycles. The van der Waals surface area contributed by atoms with Gasteiger partial charge in [-0.25, -0.2) is 4.79 Å². The average molecular weight is 327 g/mol. The second kappa shape index (κ2) is 7.02. The molecular weight excluding hydrogens is 315 g/mol. The van der Waals surface area contributed by atoms with Gasteiger partial charge in [-0.05, 0) is 35.9 Å². The quantitative estimate of drug-likeness (QED) is 0.579.